The predicted octanol–water partition coefficient (Wildman–Crippen LogP) is 3.84. The van der Waals surface area contributed by atoms with E-state index in [2.05, 4.69) is 22.5 Å². The van der Waals surface area contributed by atoms with Crippen LogP contribution in [0.25, 0.3) is 0 Å². The fourth-order valence-electron chi connectivity index (χ4n) is 2.27. The molecule has 0 heterocycles. The summed E-state index contributed by atoms with van der Waals surface area (Å²) in [6.45, 7) is 4.96. The minimum Gasteiger partial charge on any atom is -0.497 e. The normalized spacial score (nSPS) is 10.6. The highest BCUT2D eigenvalue weighted by molar-refractivity contribution is 14.0. The molecule has 0 unspecified atom stereocenters. The van der Waals surface area contributed by atoms with E-state index in [1.165, 1.54) is 0 Å². The highest BCUT2D eigenvalue weighted by Gasteiger charge is 1.99. The molecule has 0 aromatic heterocycles. The summed E-state index contributed by atoms with van der Waals surface area (Å²) in [6.07, 6.45) is 0.901. The average molecular weight is 469 g/mol. The van der Waals surface area contributed by atoms with E-state index in [-0.39, 0.29) is 24.0 Å². The van der Waals surface area contributed by atoms with Crippen molar-refractivity contribution in [3.8, 4) is 11.5 Å². The Morgan fingerprint density at radius 1 is 1.00 bits per heavy atom. The van der Waals surface area contributed by atoms with Crippen molar-refractivity contribution in [2.45, 2.75) is 19.9 Å². The minimum absolute atomic E-state index is 0. The molecule has 0 saturated heterocycles. The smallest absolute Gasteiger partial charge is 0.191 e. The first-order valence-corrected chi connectivity index (χ1v) is 8.64. The van der Waals surface area contributed by atoms with Gasteiger partial charge in [-0.05, 0) is 43.2 Å². The second kappa shape index (κ2) is 13.3. The van der Waals surface area contributed by atoms with Crippen molar-refractivity contribution >= 4 is 29.9 Å². The number of nitrogens with zero attached hydrogens (tertiary/aromatic N) is 1. The molecule has 142 valence electrons. The molecule has 0 aliphatic heterocycles. The molecule has 0 radical (unpaired) electrons. The summed E-state index contributed by atoms with van der Waals surface area (Å²) in [4.78, 5) is 4.61. The second-order valence-electron chi connectivity index (χ2n) is 5.49. The standard InChI is InChI=1S/C20H27N3O2.HI/c1-3-21-20(23-16-17-9-7-12-19(15-17)24-2)22-13-8-14-25-18-10-5-4-6-11-18;/h4-7,9-12,15H,3,8,13-14,16H2,1-2H3,(H2,21,22,23);1H. The molecule has 2 rings (SSSR count). The number of halogens is 1. The van der Waals surface area contributed by atoms with E-state index >= 15 is 0 Å². The predicted molar refractivity (Wildman–Crippen MR) is 118 cm³/mol. The lowest BCUT2D eigenvalue weighted by Crippen LogP contribution is -2.38. The molecular formula is C20H28IN3O2. The second-order valence-corrected chi connectivity index (χ2v) is 5.49. The van der Waals surface area contributed by atoms with Crippen LogP contribution in [0.2, 0.25) is 0 Å². The Balaban J connectivity index is 0.00000338. The molecule has 0 aliphatic carbocycles. The molecule has 26 heavy (non-hydrogen) atoms. The Kier molecular flexibility index (Phi) is 11.3. The van der Waals surface area contributed by atoms with E-state index in [1.807, 2.05) is 54.6 Å². The number of para-hydroxylation sites is 1. The van der Waals surface area contributed by atoms with Gasteiger partial charge in [-0.25, -0.2) is 4.99 Å². The molecular weight excluding hydrogens is 441 g/mol. The Morgan fingerprint density at radius 3 is 2.50 bits per heavy atom. The largest absolute Gasteiger partial charge is 0.497 e. The van der Waals surface area contributed by atoms with E-state index in [9.17, 15) is 0 Å². The fourth-order valence-corrected chi connectivity index (χ4v) is 2.27. The summed E-state index contributed by atoms with van der Waals surface area (Å²) >= 11 is 0. The van der Waals surface area contributed by atoms with E-state index in [4.69, 9.17) is 9.47 Å². The van der Waals surface area contributed by atoms with Crippen LogP contribution in [0.3, 0.4) is 0 Å². The molecule has 5 nitrogen and oxygen atoms in total. The Hall–Kier alpha value is -1.96. The van der Waals surface area contributed by atoms with Crippen LogP contribution in [0.5, 0.6) is 11.5 Å². The third kappa shape index (κ3) is 8.42. The molecule has 0 atom stereocenters. The van der Waals surface area contributed by atoms with Gasteiger partial charge in [0.1, 0.15) is 11.5 Å². The summed E-state index contributed by atoms with van der Waals surface area (Å²) < 4.78 is 10.9. The van der Waals surface area contributed by atoms with Crippen molar-refractivity contribution in [3.05, 3.63) is 60.2 Å². The van der Waals surface area contributed by atoms with Crippen LogP contribution in [0.1, 0.15) is 18.9 Å². The lowest BCUT2D eigenvalue weighted by molar-refractivity contribution is 0.311. The van der Waals surface area contributed by atoms with E-state index in [0.29, 0.717) is 13.2 Å². The molecule has 0 amide bonds. The Bertz CT molecular complexity index is 651. The maximum absolute atomic E-state index is 5.69. The van der Waals surface area contributed by atoms with Gasteiger partial charge in [0.25, 0.3) is 0 Å². The van der Waals surface area contributed by atoms with Gasteiger partial charge in [-0.15, -0.1) is 24.0 Å². The summed E-state index contributed by atoms with van der Waals surface area (Å²) in [6, 6.07) is 17.8. The van der Waals surface area contributed by atoms with Crippen molar-refractivity contribution in [2.75, 3.05) is 26.8 Å². The quantitative estimate of drug-likeness (QED) is 0.254. The number of hydrogen-bond acceptors (Lipinski definition) is 3. The molecule has 2 aromatic carbocycles. The number of methoxy groups -OCH3 is 1. The number of ether oxygens (including phenoxy) is 2. The van der Waals surface area contributed by atoms with Crippen LogP contribution in [0, 0.1) is 0 Å². The molecule has 0 saturated carbocycles. The molecule has 2 aromatic rings. The molecule has 0 spiro atoms. The molecule has 6 heteroatoms. The zero-order valence-corrected chi connectivity index (χ0v) is 17.7. The van der Waals surface area contributed by atoms with Crippen LogP contribution in [0.15, 0.2) is 59.6 Å². The van der Waals surface area contributed by atoms with Gasteiger partial charge >= 0.3 is 0 Å². The average Bonchev–Trinajstić information content (AvgIpc) is 2.66. The van der Waals surface area contributed by atoms with Gasteiger partial charge in [0.05, 0.1) is 20.3 Å². The number of guanidine groups is 1. The molecule has 0 fully saturated rings. The zero-order chi connectivity index (χ0) is 17.7. The number of hydrogen-bond donors (Lipinski definition) is 2. The summed E-state index contributed by atoms with van der Waals surface area (Å²) in [5.41, 5.74) is 1.11. The van der Waals surface area contributed by atoms with Crippen molar-refractivity contribution in [1.82, 2.24) is 10.6 Å². The maximum atomic E-state index is 5.69. The molecule has 0 aliphatic rings. The van der Waals surface area contributed by atoms with Gasteiger partial charge in [0.15, 0.2) is 5.96 Å². The molecule has 0 bridgehead atoms. The maximum Gasteiger partial charge on any atom is 0.191 e. The summed E-state index contributed by atoms with van der Waals surface area (Å²) in [5.74, 6) is 2.56. The first-order chi connectivity index (χ1) is 12.3. The zero-order valence-electron chi connectivity index (χ0n) is 15.4. The van der Waals surface area contributed by atoms with Gasteiger partial charge in [-0.2, -0.15) is 0 Å². The number of nitrogens with one attached hydrogen (secondary N) is 2. The first kappa shape index (κ1) is 22.1. The van der Waals surface area contributed by atoms with E-state index < -0.39 is 0 Å². The fraction of sp³-hybridized carbons (Fsp3) is 0.350. The van der Waals surface area contributed by atoms with Gasteiger partial charge in [0.2, 0.25) is 0 Å². The SMILES string of the molecule is CCNC(=NCc1cccc(OC)c1)NCCCOc1ccccc1.I. The van der Waals surface area contributed by atoms with Crippen LogP contribution in [0.4, 0.5) is 0 Å². The van der Waals surface area contributed by atoms with Crippen LogP contribution in [-0.2, 0) is 6.54 Å². The van der Waals surface area contributed by atoms with Crippen molar-refractivity contribution in [2.24, 2.45) is 4.99 Å². The minimum atomic E-state index is 0. The highest BCUT2D eigenvalue weighted by atomic mass is 127. The van der Waals surface area contributed by atoms with Crippen molar-refractivity contribution < 1.29 is 9.47 Å². The topological polar surface area (TPSA) is 54.9 Å². The van der Waals surface area contributed by atoms with Gasteiger partial charge in [0, 0.05) is 13.1 Å². The lowest BCUT2D eigenvalue weighted by Gasteiger charge is -2.12. The summed E-state index contributed by atoms with van der Waals surface area (Å²) in [5, 5.41) is 6.59. The number of benzene rings is 2. The Labute approximate surface area is 173 Å². The third-order valence-corrected chi connectivity index (χ3v) is 3.52. The lowest BCUT2D eigenvalue weighted by atomic mass is 10.2. The highest BCUT2D eigenvalue weighted by Crippen LogP contribution is 2.13. The Morgan fingerprint density at radius 2 is 1.77 bits per heavy atom. The van der Waals surface area contributed by atoms with Crippen molar-refractivity contribution in [1.29, 1.82) is 0 Å². The van der Waals surface area contributed by atoms with Crippen molar-refractivity contribution in [3.63, 3.8) is 0 Å². The number of rotatable bonds is 9. The summed E-state index contributed by atoms with van der Waals surface area (Å²) in [7, 11) is 1.67. The number of aliphatic imine (C=N–C) groups is 1. The third-order valence-electron chi connectivity index (χ3n) is 3.52. The van der Waals surface area contributed by atoms with E-state index in [1.54, 1.807) is 7.11 Å². The monoisotopic (exact) mass is 469 g/mol. The van der Waals surface area contributed by atoms with Gasteiger partial charge in [-0.3, -0.25) is 0 Å². The van der Waals surface area contributed by atoms with Gasteiger partial charge < -0.3 is 20.1 Å². The molecule has 2 N–H and O–H groups in total. The first-order valence-electron chi connectivity index (χ1n) is 8.64. The van der Waals surface area contributed by atoms with E-state index in [0.717, 1.165) is 42.5 Å². The van der Waals surface area contributed by atoms with Crippen LogP contribution in [-0.4, -0.2) is 32.8 Å². The van der Waals surface area contributed by atoms with Crippen LogP contribution >= 0.6 is 24.0 Å². The van der Waals surface area contributed by atoms with Crippen LogP contribution < -0.4 is 20.1 Å². The van der Waals surface area contributed by atoms with Gasteiger partial charge in [-0.1, -0.05) is 30.3 Å².